The Bertz CT molecular complexity index is 1150. The summed E-state index contributed by atoms with van der Waals surface area (Å²) >= 11 is 5.98. The van der Waals surface area contributed by atoms with E-state index >= 15 is 0 Å². The van der Waals surface area contributed by atoms with Crippen molar-refractivity contribution in [2.24, 2.45) is 0 Å². The van der Waals surface area contributed by atoms with E-state index in [4.69, 9.17) is 16.3 Å². The summed E-state index contributed by atoms with van der Waals surface area (Å²) in [5.74, 6) is -0.0646. The van der Waals surface area contributed by atoms with Crippen LogP contribution >= 0.6 is 11.6 Å². The fraction of sp³-hybridized carbons (Fsp3) is 0.250. The Kier molecular flexibility index (Phi) is 6.63. The third kappa shape index (κ3) is 4.93. The van der Waals surface area contributed by atoms with Gasteiger partial charge in [-0.3, -0.25) is 19.7 Å². The molecule has 0 bridgehead atoms. The highest BCUT2D eigenvalue weighted by molar-refractivity contribution is 6.31. The average Bonchev–Trinajstić information content (AvgIpc) is 2.71. The number of carbonyl (C=O) groups excluding carboxylic acids is 1. The number of nitro groups is 1. The third-order valence-electron chi connectivity index (χ3n) is 4.32. The molecule has 1 heterocycles. The Hall–Kier alpha value is -3.46. The maximum Gasteiger partial charge on any atom is 0.310 e. The fourth-order valence-electron chi connectivity index (χ4n) is 2.94. The number of rotatable bonds is 8. The van der Waals surface area contributed by atoms with Gasteiger partial charge in [-0.15, -0.1) is 0 Å². The van der Waals surface area contributed by atoms with Gasteiger partial charge in [0.1, 0.15) is 5.82 Å². The van der Waals surface area contributed by atoms with E-state index in [1.165, 1.54) is 23.1 Å². The van der Waals surface area contributed by atoms with Gasteiger partial charge in [0.15, 0.2) is 12.4 Å². The van der Waals surface area contributed by atoms with Crippen molar-refractivity contribution >= 4 is 34.1 Å². The molecule has 0 atom stereocenters. The second-order valence-electron chi connectivity index (χ2n) is 6.50. The van der Waals surface area contributed by atoms with Crippen molar-refractivity contribution in [2.45, 2.75) is 19.9 Å². The van der Waals surface area contributed by atoms with Gasteiger partial charge in [-0.05, 0) is 30.7 Å². The molecular weight excluding hydrogens is 412 g/mol. The first-order chi connectivity index (χ1) is 14.4. The molecule has 3 aromatic rings. The monoisotopic (exact) mass is 430 g/mol. The molecule has 1 N–H and O–H groups in total. The second kappa shape index (κ2) is 9.36. The number of hydrogen-bond donors (Lipinski definition) is 1. The standard InChI is InChI=1S/C20H19ClN4O5/c1-2-9-24(19(26)12-30-17-6-4-3-5-16(17)25(28)29)11-18-22-15-10-13(21)7-8-14(15)20(27)23-18/h3-8,10H,2,9,11-12H2,1H3,(H,22,23,27). The molecule has 10 heteroatoms. The number of nitrogens with one attached hydrogen (secondary N) is 1. The van der Waals surface area contributed by atoms with Gasteiger partial charge in [0.2, 0.25) is 0 Å². The molecule has 0 aliphatic rings. The lowest BCUT2D eigenvalue weighted by molar-refractivity contribution is -0.385. The van der Waals surface area contributed by atoms with Gasteiger partial charge >= 0.3 is 5.69 Å². The minimum absolute atomic E-state index is 0.0131. The normalized spacial score (nSPS) is 10.7. The zero-order valence-corrected chi connectivity index (χ0v) is 16.9. The maximum absolute atomic E-state index is 12.7. The number of benzene rings is 2. The SMILES string of the molecule is CCCN(Cc1nc2cc(Cl)ccc2c(=O)[nH]1)C(=O)COc1ccccc1[N+](=O)[O-]. The van der Waals surface area contributed by atoms with Crippen LogP contribution < -0.4 is 10.3 Å². The number of aromatic amines is 1. The zero-order chi connectivity index (χ0) is 21.7. The van der Waals surface area contributed by atoms with Gasteiger partial charge in [-0.25, -0.2) is 4.98 Å². The predicted molar refractivity (Wildman–Crippen MR) is 112 cm³/mol. The number of fused-ring (bicyclic) bond motifs is 1. The first kappa shape index (κ1) is 21.3. The Morgan fingerprint density at radius 1 is 1.30 bits per heavy atom. The summed E-state index contributed by atoms with van der Waals surface area (Å²) in [6, 6.07) is 10.6. The van der Waals surface area contributed by atoms with E-state index in [1.807, 2.05) is 6.92 Å². The molecule has 0 fully saturated rings. The number of ether oxygens (including phenoxy) is 1. The van der Waals surface area contributed by atoms with E-state index in [1.54, 1.807) is 24.3 Å². The van der Waals surface area contributed by atoms with Crippen LogP contribution in [-0.4, -0.2) is 38.8 Å². The topological polar surface area (TPSA) is 118 Å². The molecule has 156 valence electrons. The summed E-state index contributed by atoms with van der Waals surface area (Å²) in [4.78, 5) is 44.0. The lowest BCUT2D eigenvalue weighted by Gasteiger charge is -2.21. The summed E-state index contributed by atoms with van der Waals surface area (Å²) in [6.07, 6.45) is 0.668. The second-order valence-corrected chi connectivity index (χ2v) is 6.94. The molecular formula is C20H19ClN4O5. The molecule has 3 rings (SSSR count). The van der Waals surface area contributed by atoms with Gasteiger partial charge in [-0.2, -0.15) is 0 Å². The van der Waals surface area contributed by atoms with E-state index in [9.17, 15) is 19.7 Å². The largest absolute Gasteiger partial charge is 0.477 e. The first-order valence-electron chi connectivity index (χ1n) is 9.21. The van der Waals surface area contributed by atoms with E-state index in [2.05, 4.69) is 9.97 Å². The number of aromatic nitrogens is 2. The van der Waals surface area contributed by atoms with Crippen molar-refractivity contribution in [3.8, 4) is 5.75 Å². The van der Waals surface area contributed by atoms with Crippen molar-refractivity contribution in [2.75, 3.05) is 13.2 Å². The van der Waals surface area contributed by atoms with Crippen LogP contribution in [0.2, 0.25) is 5.02 Å². The number of nitro benzene ring substituents is 1. The Balaban J connectivity index is 1.77. The maximum atomic E-state index is 12.7. The molecule has 0 aliphatic heterocycles. The van der Waals surface area contributed by atoms with E-state index < -0.39 is 4.92 Å². The minimum atomic E-state index is -0.571. The number of nitrogens with zero attached hydrogens (tertiary/aromatic N) is 3. The summed E-state index contributed by atoms with van der Waals surface area (Å²) in [7, 11) is 0. The van der Waals surface area contributed by atoms with Crippen molar-refractivity contribution in [3.63, 3.8) is 0 Å². The Morgan fingerprint density at radius 2 is 2.07 bits per heavy atom. The highest BCUT2D eigenvalue weighted by atomic mass is 35.5. The molecule has 0 saturated carbocycles. The molecule has 0 saturated heterocycles. The molecule has 0 radical (unpaired) electrons. The van der Waals surface area contributed by atoms with E-state index in [0.717, 1.165) is 0 Å². The lowest BCUT2D eigenvalue weighted by atomic mass is 10.2. The van der Waals surface area contributed by atoms with Gasteiger partial charge in [-0.1, -0.05) is 30.7 Å². The van der Waals surface area contributed by atoms with Crippen molar-refractivity contribution in [3.05, 3.63) is 73.8 Å². The van der Waals surface area contributed by atoms with Crippen LogP contribution in [0.25, 0.3) is 10.9 Å². The number of halogens is 1. The Morgan fingerprint density at radius 3 is 2.80 bits per heavy atom. The molecule has 9 nitrogen and oxygen atoms in total. The van der Waals surface area contributed by atoms with Crippen LogP contribution in [0.5, 0.6) is 5.75 Å². The molecule has 1 aromatic heterocycles. The summed E-state index contributed by atoms with van der Waals surface area (Å²) in [5.41, 5.74) is -0.113. The molecule has 1 amide bonds. The average molecular weight is 431 g/mol. The number of amides is 1. The van der Waals surface area contributed by atoms with Gasteiger partial charge in [0.25, 0.3) is 11.5 Å². The van der Waals surface area contributed by atoms with Gasteiger partial charge in [0.05, 0.1) is 22.4 Å². The quantitative estimate of drug-likeness (QED) is 0.432. The highest BCUT2D eigenvalue weighted by Gasteiger charge is 2.19. The van der Waals surface area contributed by atoms with Crippen LogP contribution in [0.1, 0.15) is 19.2 Å². The number of H-pyrrole nitrogens is 1. The number of carbonyl (C=O) groups is 1. The van der Waals surface area contributed by atoms with Crippen molar-refractivity contribution in [1.29, 1.82) is 0 Å². The van der Waals surface area contributed by atoms with Crippen LogP contribution in [0.4, 0.5) is 5.69 Å². The number of para-hydroxylation sites is 2. The third-order valence-corrected chi connectivity index (χ3v) is 4.55. The Labute approximate surface area is 176 Å². The highest BCUT2D eigenvalue weighted by Crippen LogP contribution is 2.25. The summed E-state index contributed by atoms with van der Waals surface area (Å²) in [6.45, 7) is 1.98. The van der Waals surface area contributed by atoms with Crippen LogP contribution in [0.3, 0.4) is 0 Å². The van der Waals surface area contributed by atoms with Crippen LogP contribution in [0.15, 0.2) is 47.3 Å². The molecule has 0 spiro atoms. The molecule has 0 unspecified atom stereocenters. The minimum Gasteiger partial charge on any atom is -0.477 e. The fourth-order valence-corrected chi connectivity index (χ4v) is 3.11. The summed E-state index contributed by atoms with van der Waals surface area (Å²) in [5, 5.41) is 11.9. The van der Waals surface area contributed by atoms with Gasteiger partial charge < -0.3 is 14.6 Å². The molecule has 30 heavy (non-hydrogen) atoms. The van der Waals surface area contributed by atoms with E-state index in [-0.39, 0.29) is 36.1 Å². The van der Waals surface area contributed by atoms with Crippen LogP contribution in [-0.2, 0) is 11.3 Å². The van der Waals surface area contributed by atoms with Crippen molar-refractivity contribution in [1.82, 2.24) is 14.9 Å². The zero-order valence-electron chi connectivity index (χ0n) is 16.1. The molecule has 0 aliphatic carbocycles. The van der Waals surface area contributed by atoms with Gasteiger partial charge in [0, 0.05) is 17.6 Å². The first-order valence-corrected chi connectivity index (χ1v) is 9.59. The summed E-state index contributed by atoms with van der Waals surface area (Å²) < 4.78 is 5.39. The van der Waals surface area contributed by atoms with Crippen molar-refractivity contribution < 1.29 is 14.5 Å². The predicted octanol–water partition coefficient (Wildman–Crippen LogP) is 3.30. The number of hydrogen-bond acceptors (Lipinski definition) is 6. The molecule has 2 aromatic carbocycles. The van der Waals surface area contributed by atoms with Crippen LogP contribution in [0, 0.1) is 10.1 Å². The lowest BCUT2D eigenvalue weighted by Crippen LogP contribution is -2.36. The smallest absolute Gasteiger partial charge is 0.310 e. The van der Waals surface area contributed by atoms with E-state index in [0.29, 0.717) is 34.7 Å².